The third-order valence-electron chi connectivity index (χ3n) is 8.05. The van der Waals surface area contributed by atoms with Gasteiger partial charge in [-0.25, -0.2) is 4.39 Å². The van der Waals surface area contributed by atoms with Crippen LogP contribution in [-0.4, -0.2) is 40.6 Å². The molecule has 1 heterocycles. The minimum absolute atomic E-state index is 0. The van der Waals surface area contributed by atoms with Crippen molar-refractivity contribution in [3.63, 3.8) is 0 Å². The average Bonchev–Trinajstić information content (AvgIpc) is 3.16. The fourth-order valence-corrected chi connectivity index (χ4v) is 5.90. The van der Waals surface area contributed by atoms with E-state index in [9.17, 15) is 23.9 Å². The van der Waals surface area contributed by atoms with Gasteiger partial charge in [-0.05, 0) is 79.8 Å². The molecule has 40 heavy (non-hydrogen) atoms. The molecule has 208 valence electrons. The number of nitrogens with zero attached hydrogens (tertiary/aromatic N) is 2. The fraction of sp³-hybridized carbons (Fsp3) is 0.467. The van der Waals surface area contributed by atoms with E-state index in [0.29, 0.717) is 29.9 Å². The van der Waals surface area contributed by atoms with Crippen molar-refractivity contribution in [1.82, 2.24) is 10.2 Å². The Hall–Kier alpha value is -2.26. The molecule has 2 aliphatic rings. The van der Waals surface area contributed by atoms with Gasteiger partial charge in [0.05, 0.1) is 11.1 Å². The Bertz CT molecular complexity index is 1300. The van der Waals surface area contributed by atoms with Crippen LogP contribution in [-0.2, 0) is 9.59 Å². The number of nitrogens with one attached hydrogen (secondary N) is 1. The largest absolute Gasteiger partial charge is 1.00 e. The maximum atomic E-state index is 14.0. The van der Waals surface area contributed by atoms with Crippen molar-refractivity contribution in [1.29, 1.82) is 0 Å². The second-order valence-electron chi connectivity index (χ2n) is 11.6. The van der Waals surface area contributed by atoms with E-state index < -0.39 is 17.4 Å². The molecular formula is C30H34ClFN3NaO4. The van der Waals surface area contributed by atoms with Crippen LogP contribution in [0.15, 0.2) is 47.5 Å². The second-order valence-corrected chi connectivity index (χ2v) is 12.0. The summed E-state index contributed by atoms with van der Waals surface area (Å²) in [6.45, 7) is 8.64. The number of carbonyl (C=O) groups excluding carboxylic acids is 3. The zero-order valence-electron chi connectivity index (χ0n) is 23.7. The van der Waals surface area contributed by atoms with Crippen LogP contribution in [0.5, 0.6) is 0 Å². The number of aliphatic imine (C=N–C) groups is 1. The zero-order chi connectivity index (χ0) is 28.5. The first-order valence-electron chi connectivity index (χ1n) is 13.3. The average molecular weight is 578 g/mol. The van der Waals surface area contributed by atoms with Gasteiger partial charge in [0, 0.05) is 30.1 Å². The molecule has 1 spiro atoms. The second kappa shape index (κ2) is 12.7. The summed E-state index contributed by atoms with van der Waals surface area (Å²) < 4.78 is 13.9. The molecule has 1 aliphatic heterocycles. The molecule has 2 aromatic carbocycles. The fourth-order valence-electron chi connectivity index (χ4n) is 5.72. The molecule has 1 saturated carbocycles. The van der Waals surface area contributed by atoms with Gasteiger partial charge < -0.3 is 20.1 Å². The van der Waals surface area contributed by atoms with Crippen LogP contribution in [0.2, 0.25) is 5.02 Å². The van der Waals surface area contributed by atoms with Crippen molar-refractivity contribution in [2.45, 2.75) is 71.5 Å². The van der Waals surface area contributed by atoms with E-state index in [4.69, 9.17) is 16.6 Å². The van der Waals surface area contributed by atoms with Crippen molar-refractivity contribution in [2.24, 2.45) is 16.3 Å². The number of amides is 2. The standard InChI is InChI=1S/C30H35ClFN3O4.Na/c1-18(19-5-7-20(8-6-19)27(38)33-16-13-25(36)37)35-28(39)26(21-9-10-24(32)23(31)17-21)34-30(35)14-11-22(12-15-30)29(2,3)4;/h5-10,17-18,22H,11-16H2,1-4H3,(H,33,38)(H,36,37);/q;+1/p-1/t18-,22?,30?;/m1./s1. The molecule has 0 aromatic heterocycles. The quantitative estimate of drug-likeness (QED) is 0.506. The third kappa shape index (κ3) is 6.78. The van der Waals surface area contributed by atoms with Gasteiger partial charge >= 0.3 is 29.6 Å². The number of carboxylic acids is 1. The van der Waals surface area contributed by atoms with Crippen LogP contribution in [0, 0.1) is 17.2 Å². The summed E-state index contributed by atoms with van der Waals surface area (Å²) in [5.41, 5.74) is 1.41. The summed E-state index contributed by atoms with van der Waals surface area (Å²) in [5.74, 6) is -1.90. The summed E-state index contributed by atoms with van der Waals surface area (Å²) in [7, 11) is 0. The number of hydrogen-bond donors (Lipinski definition) is 1. The van der Waals surface area contributed by atoms with Gasteiger partial charge in [0.1, 0.15) is 17.2 Å². The minimum Gasteiger partial charge on any atom is -0.550 e. The number of halogens is 2. The minimum atomic E-state index is -1.23. The Labute approximate surface area is 261 Å². The Morgan fingerprint density at radius 3 is 2.35 bits per heavy atom. The zero-order valence-corrected chi connectivity index (χ0v) is 26.5. The van der Waals surface area contributed by atoms with Crippen LogP contribution in [0.1, 0.15) is 87.3 Å². The molecular weight excluding hydrogens is 544 g/mol. The Balaban J connectivity index is 0.00000441. The van der Waals surface area contributed by atoms with E-state index in [0.717, 1.165) is 18.4 Å². The topological polar surface area (TPSA) is 102 Å². The predicted molar refractivity (Wildman–Crippen MR) is 146 cm³/mol. The first-order chi connectivity index (χ1) is 18.3. The Morgan fingerprint density at radius 2 is 1.80 bits per heavy atom. The maximum absolute atomic E-state index is 14.0. The number of rotatable bonds is 7. The number of benzene rings is 2. The summed E-state index contributed by atoms with van der Waals surface area (Å²) in [6.07, 6.45) is 3.00. The molecule has 2 aromatic rings. The molecule has 10 heteroatoms. The van der Waals surface area contributed by atoms with Gasteiger partial charge in [-0.1, -0.05) is 44.5 Å². The van der Waals surface area contributed by atoms with E-state index in [2.05, 4.69) is 26.1 Å². The predicted octanol–water partition coefficient (Wildman–Crippen LogP) is 1.68. The van der Waals surface area contributed by atoms with Crippen molar-refractivity contribution in [2.75, 3.05) is 6.54 Å². The molecule has 1 fully saturated rings. The number of carboxylic acid groups (broad SMARTS) is 1. The molecule has 1 atom stereocenters. The van der Waals surface area contributed by atoms with Gasteiger partial charge in [-0.15, -0.1) is 0 Å². The Kier molecular flexibility index (Phi) is 10.3. The normalized spacial score (nSPS) is 21.6. The van der Waals surface area contributed by atoms with Crippen molar-refractivity contribution in [3.8, 4) is 0 Å². The van der Waals surface area contributed by atoms with Gasteiger partial charge in [-0.2, -0.15) is 0 Å². The summed E-state index contributed by atoms with van der Waals surface area (Å²) in [4.78, 5) is 43.8. The molecule has 0 radical (unpaired) electrons. The van der Waals surface area contributed by atoms with Gasteiger partial charge in [0.2, 0.25) is 0 Å². The van der Waals surface area contributed by atoms with Crippen LogP contribution < -0.4 is 40.0 Å². The maximum Gasteiger partial charge on any atom is 1.00 e. The molecule has 4 rings (SSSR count). The van der Waals surface area contributed by atoms with E-state index in [-0.39, 0.29) is 76.5 Å². The van der Waals surface area contributed by atoms with Crippen LogP contribution in [0.25, 0.3) is 0 Å². The van der Waals surface area contributed by atoms with Crippen LogP contribution in [0.3, 0.4) is 0 Å². The van der Waals surface area contributed by atoms with E-state index >= 15 is 0 Å². The molecule has 0 saturated heterocycles. The van der Waals surface area contributed by atoms with Crippen molar-refractivity contribution >= 4 is 35.1 Å². The summed E-state index contributed by atoms with van der Waals surface area (Å²) in [5, 5.41) is 13.1. The van der Waals surface area contributed by atoms with Crippen LogP contribution >= 0.6 is 11.6 Å². The summed E-state index contributed by atoms with van der Waals surface area (Å²) >= 11 is 6.05. The summed E-state index contributed by atoms with van der Waals surface area (Å²) in [6, 6.07) is 10.8. The molecule has 0 unspecified atom stereocenters. The first-order valence-corrected chi connectivity index (χ1v) is 13.7. The number of hydrogen-bond acceptors (Lipinski definition) is 5. The Morgan fingerprint density at radius 1 is 1.18 bits per heavy atom. The van der Waals surface area contributed by atoms with Gasteiger partial charge in [0.25, 0.3) is 11.8 Å². The smallest absolute Gasteiger partial charge is 0.550 e. The molecule has 7 nitrogen and oxygen atoms in total. The van der Waals surface area contributed by atoms with Crippen molar-refractivity contribution < 1.29 is 53.4 Å². The van der Waals surface area contributed by atoms with Gasteiger partial charge in [0.15, 0.2) is 0 Å². The molecule has 1 N–H and O–H groups in total. The molecule has 0 bridgehead atoms. The number of aliphatic carboxylic acids is 1. The first kappa shape index (κ1) is 32.3. The number of carbonyl (C=O) groups is 3. The third-order valence-corrected chi connectivity index (χ3v) is 8.34. The van der Waals surface area contributed by atoms with E-state index in [1.807, 2.05) is 11.8 Å². The monoisotopic (exact) mass is 577 g/mol. The van der Waals surface area contributed by atoms with E-state index in [1.165, 1.54) is 18.2 Å². The van der Waals surface area contributed by atoms with E-state index in [1.54, 1.807) is 24.3 Å². The molecule has 2 amide bonds. The molecule has 1 aliphatic carbocycles. The van der Waals surface area contributed by atoms with Crippen molar-refractivity contribution in [3.05, 3.63) is 70.0 Å². The SMILES string of the molecule is C[C@H](c1ccc(C(=O)NCCC(=O)[O-])cc1)N1C(=O)C(c2ccc(F)c(Cl)c2)=NC12CCC(C(C)(C)C)CC2.[Na+]. The van der Waals surface area contributed by atoms with Gasteiger partial charge in [-0.3, -0.25) is 14.6 Å². The van der Waals surface area contributed by atoms with Crippen LogP contribution in [0.4, 0.5) is 4.39 Å².